The van der Waals surface area contributed by atoms with Gasteiger partial charge < -0.3 is 64.8 Å². The number of hydrogen-bond acceptors (Lipinski definition) is 13. The van der Waals surface area contributed by atoms with E-state index in [2.05, 4.69) is 57.8 Å². The number of carboxylic acid groups (broad SMARTS) is 1. The Morgan fingerprint density at radius 3 is 1.84 bits per heavy atom. The van der Waals surface area contributed by atoms with Crippen LogP contribution in [0.1, 0.15) is 80.8 Å². The van der Waals surface area contributed by atoms with Gasteiger partial charge in [-0.05, 0) is 99.0 Å². The third-order valence-corrected chi connectivity index (χ3v) is 11.3. The number of carbonyl (C=O) groups is 9. The monoisotopic (exact) mass is 1010 g/mol. The van der Waals surface area contributed by atoms with Gasteiger partial charge in [0, 0.05) is 25.1 Å². The predicted octanol–water partition coefficient (Wildman–Crippen LogP) is -0.0537. The number of unbranched alkanes of at least 4 members (excludes halogenated alkanes) is 1. The van der Waals surface area contributed by atoms with E-state index in [0.29, 0.717) is 41.9 Å². The Balaban J connectivity index is 1.66. The number of guanidine groups is 1. The van der Waals surface area contributed by atoms with Gasteiger partial charge in [-0.15, -0.1) is 0 Å². The van der Waals surface area contributed by atoms with Gasteiger partial charge in [0.15, 0.2) is 5.96 Å². The Hall–Kier alpha value is -8.28. The Labute approximate surface area is 422 Å². The highest BCUT2D eigenvalue weighted by atomic mass is 16.4. The lowest BCUT2D eigenvalue weighted by Crippen LogP contribution is -2.59. The molecule has 0 fully saturated rings. The molecule has 15 N–H and O–H groups in total. The molecule has 0 saturated heterocycles. The maximum atomic E-state index is 14.0. The number of azo groups is 1. The number of benzene rings is 3. The molecule has 3 aliphatic rings. The molecular formula is C49H66N14O10. The number of nitrogens with one attached hydrogen (secondary N) is 8. The highest BCUT2D eigenvalue weighted by molar-refractivity contribution is 5.99. The summed E-state index contributed by atoms with van der Waals surface area (Å²) in [5, 5.41) is 38.9. The van der Waals surface area contributed by atoms with Crippen molar-refractivity contribution in [2.24, 2.45) is 38.3 Å². The normalized spacial score (nSPS) is 21.3. The second-order valence-electron chi connectivity index (χ2n) is 17.6. The summed E-state index contributed by atoms with van der Waals surface area (Å²) >= 11 is 0. The summed E-state index contributed by atoms with van der Waals surface area (Å²) in [6.07, 6.45) is 0.270. The zero-order valence-corrected chi connectivity index (χ0v) is 41.0. The van der Waals surface area contributed by atoms with E-state index in [1.807, 2.05) is 0 Å². The van der Waals surface area contributed by atoms with Crippen molar-refractivity contribution in [2.45, 2.75) is 109 Å². The van der Waals surface area contributed by atoms with E-state index in [9.17, 15) is 48.3 Å². The molecule has 0 saturated carbocycles. The smallest absolute Gasteiger partial charge is 0.305 e. The minimum atomic E-state index is -1.75. The van der Waals surface area contributed by atoms with Crippen LogP contribution in [0, 0.1) is 5.92 Å². The molecule has 3 aromatic rings. The van der Waals surface area contributed by atoms with Crippen molar-refractivity contribution in [1.29, 1.82) is 0 Å². The van der Waals surface area contributed by atoms with Gasteiger partial charge in [-0.25, -0.2) is 0 Å². The van der Waals surface area contributed by atoms with Gasteiger partial charge in [-0.2, -0.15) is 10.2 Å². The first-order chi connectivity index (χ1) is 34.8. The minimum Gasteiger partial charge on any atom is -0.481 e. The Bertz CT molecular complexity index is 2450. The number of carbonyl (C=O) groups excluding carboxylic acids is 8. The number of hydrogen-bond donors (Lipinski definition) is 12. The fourth-order valence-corrected chi connectivity index (χ4v) is 7.27. The van der Waals surface area contributed by atoms with Crippen LogP contribution >= 0.6 is 0 Å². The molecule has 0 aromatic heterocycles. The van der Waals surface area contributed by atoms with Gasteiger partial charge in [0.1, 0.15) is 36.3 Å². The van der Waals surface area contributed by atoms with Crippen LogP contribution in [-0.2, 0) is 51.3 Å². The molecule has 6 rings (SSSR count). The summed E-state index contributed by atoms with van der Waals surface area (Å²) in [6.45, 7) is 4.47. The third kappa shape index (κ3) is 19.8. The molecule has 0 aliphatic carbocycles. The van der Waals surface area contributed by atoms with Gasteiger partial charge in [0.05, 0.1) is 24.3 Å². The van der Waals surface area contributed by atoms with Crippen LogP contribution in [-0.4, -0.2) is 120 Å². The SMILES string of the molecule is CC(C)[C@@H]1NC(=O)[C@@H](Cc2ccccc2)NC(=O)[C@H](CC(=O)O)NC(=O)CNC(=O)[C@H](CCCN=C(N)N)NC(=O)[C@H](C)NC(=O)[C@H](CCCCN)NC(=O)c2ccc(cc2)N=Nc2ccc(cc2)CNC1=O. The molecule has 24 nitrogen and oxygen atoms in total. The first kappa shape index (κ1) is 57.3. The Morgan fingerprint density at radius 1 is 0.644 bits per heavy atom. The predicted molar refractivity (Wildman–Crippen MR) is 269 cm³/mol. The molecule has 8 amide bonds. The van der Waals surface area contributed by atoms with Crippen LogP contribution in [0.3, 0.4) is 0 Å². The van der Waals surface area contributed by atoms with E-state index in [4.69, 9.17) is 17.2 Å². The van der Waals surface area contributed by atoms with E-state index in [1.54, 1.807) is 80.6 Å². The largest absolute Gasteiger partial charge is 0.481 e. The fourth-order valence-electron chi connectivity index (χ4n) is 7.27. The number of fused-ring (bicyclic) bond motifs is 2. The van der Waals surface area contributed by atoms with Crippen LogP contribution in [0.15, 0.2) is 94.1 Å². The minimum absolute atomic E-state index is 0.0562. The molecule has 3 aliphatic heterocycles. The van der Waals surface area contributed by atoms with Crippen LogP contribution < -0.4 is 59.7 Å². The second-order valence-corrected chi connectivity index (χ2v) is 17.6. The van der Waals surface area contributed by atoms with Crippen molar-refractivity contribution >= 4 is 70.6 Å². The van der Waals surface area contributed by atoms with Crippen molar-refractivity contribution in [2.75, 3.05) is 19.6 Å². The molecule has 0 radical (unpaired) electrons. The first-order valence-corrected chi connectivity index (χ1v) is 23.8. The summed E-state index contributed by atoms with van der Waals surface area (Å²) in [6, 6.07) is 13.7. The van der Waals surface area contributed by atoms with E-state index >= 15 is 0 Å². The van der Waals surface area contributed by atoms with Crippen LogP contribution in [0.5, 0.6) is 0 Å². The zero-order valence-electron chi connectivity index (χ0n) is 41.0. The maximum Gasteiger partial charge on any atom is 0.305 e. The highest BCUT2D eigenvalue weighted by Crippen LogP contribution is 2.20. The van der Waals surface area contributed by atoms with Gasteiger partial charge in [0.2, 0.25) is 41.4 Å². The van der Waals surface area contributed by atoms with Gasteiger partial charge in [-0.3, -0.25) is 48.1 Å². The molecule has 0 spiro atoms. The number of nitrogens with zero attached hydrogens (tertiary/aromatic N) is 3. The lowest BCUT2D eigenvalue weighted by molar-refractivity contribution is -0.141. The maximum absolute atomic E-state index is 14.0. The number of nitrogens with two attached hydrogens (primary N) is 3. The van der Waals surface area contributed by atoms with Crippen molar-refractivity contribution in [3.8, 4) is 0 Å². The molecule has 392 valence electrons. The lowest BCUT2D eigenvalue weighted by Gasteiger charge is -2.27. The van der Waals surface area contributed by atoms with Crippen molar-refractivity contribution in [1.82, 2.24) is 42.5 Å². The van der Waals surface area contributed by atoms with E-state index in [1.165, 1.54) is 19.1 Å². The molecule has 0 unspecified atom stereocenters. The molecule has 73 heavy (non-hydrogen) atoms. The van der Waals surface area contributed by atoms with E-state index in [0.717, 1.165) is 0 Å². The summed E-state index contributed by atoms with van der Waals surface area (Å²) in [4.78, 5) is 125. The lowest BCUT2D eigenvalue weighted by atomic mass is 10.0. The third-order valence-electron chi connectivity index (χ3n) is 11.3. The average Bonchev–Trinajstić information content (AvgIpc) is 3.36. The first-order valence-electron chi connectivity index (χ1n) is 23.8. The zero-order chi connectivity index (χ0) is 53.5. The second kappa shape index (κ2) is 29.2. The van der Waals surface area contributed by atoms with Crippen LogP contribution in [0.25, 0.3) is 0 Å². The van der Waals surface area contributed by atoms with Crippen molar-refractivity contribution in [3.05, 3.63) is 95.6 Å². The molecule has 6 atom stereocenters. The molecule has 3 heterocycles. The molecule has 24 heteroatoms. The summed E-state index contributed by atoms with van der Waals surface area (Å²) < 4.78 is 0. The summed E-state index contributed by atoms with van der Waals surface area (Å²) in [5.74, 6) is -8.45. The number of rotatable bonds is 13. The summed E-state index contributed by atoms with van der Waals surface area (Å²) in [5.41, 5.74) is 19.0. The molecule has 3 aromatic carbocycles. The molecule has 4 bridgehead atoms. The van der Waals surface area contributed by atoms with Crippen molar-refractivity contribution in [3.63, 3.8) is 0 Å². The quantitative estimate of drug-likeness (QED) is 0.0608. The van der Waals surface area contributed by atoms with Gasteiger partial charge >= 0.3 is 5.97 Å². The average molecular weight is 1010 g/mol. The Morgan fingerprint density at radius 2 is 1.22 bits per heavy atom. The van der Waals surface area contributed by atoms with Crippen LogP contribution in [0.4, 0.5) is 11.4 Å². The van der Waals surface area contributed by atoms with E-state index in [-0.39, 0.29) is 50.3 Å². The Kier molecular flexibility index (Phi) is 22.9. The standard InChI is InChI=1S/C49H66N14O10/c1-28(2)41-48(73)54-26-31-14-18-33(19-15-31)62-63-34-20-16-32(17-21-34)43(68)59-36(12-7-8-22-50)45(70)56-29(3)42(67)58-35(13-9-23-53-49(51)52)44(69)55-27-39(64)57-38(25-40(65)66)46(71)60-37(47(72)61-41)24-30-10-5-4-6-11-30/h4-6,10-11,14-21,28-29,35-38,41H,7-9,12-13,22-27,50H2,1-3H3,(H,54,73)(H,55,69)(H,56,70)(H,57,64)(H,58,67)(H,59,68)(H,60,71)(H,61,72)(H,65,66)(H4,51,52,53)/t29-,35-,36-,37+,38-,41-/m0/s1. The topological polar surface area (TPSA) is 385 Å². The van der Waals surface area contributed by atoms with Crippen LogP contribution in [0.2, 0.25) is 0 Å². The number of carboxylic acids is 1. The number of aliphatic carboxylic acids is 1. The number of amides is 8. The van der Waals surface area contributed by atoms with E-state index < -0.39 is 108 Å². The van der Waals surface area contributed by atoms with Gasteiger partial charge in [-0.1, -0.05) is 56.3 Å². The van der Waals surface area contributed by atoms with Gasteiger partial charge in [0.25, 0.3) is 5.91 Å². The highest BCUT2D eigenvalue weighted by Gasteiger charge is 2.33. The summed E-state index contributed by atoms with van der Waals surface area (Å²) in [7, 11) is 0. The van der Waals surface area contributed by atoms with Crippen molar-refractivity contribution < 1.29 is 48.3 Å². The fraction of sp³-hybridized carbons (Fsp3) is 0.429. The number of aliphatic imine (C=N–C) groups is 1. The molecular weight excluding hydrogens is 945 g/mol.